The Morgan fingerprint density at radius 3 is 1.38 bits per heavy atom. The Bertz CT molecular complexity index is 269. The summed E-state index contributed by atoms with van der Waals surface area (Å²) < 4.78 is 0. The first-order valence-corrected chi connectivity index (χ1v) is 10.6. The Morgan fingerprint density at radius 1 is 0.708 bits per heavy atom. The van der Waals surface area contributed by atoms with Gasteiger partial charge in [-0.05, 0) is 19.9 Å². The lowest BCUT2D eigenvalue weighted by Crippen LogP contribution is -2.34. The van der Waals surface area contributed by atoms with Crippen LogP contribution in [0.2, 0.25) is 0 Å². The van der Waals surface area contributed by atoms with Crippen molar-refractivity contribution >= 4 is 5.97 Å². The summed E-state index contributed by atoms with van der Waals surface area (Å²) >= 11 is 0. The average molecular weight is 342 g/mol. The van der Waals surface area contributed by atoms with E-state index in [-0.39, 0.29) is 0 Å². The standard InChI is InChI=1S/C21H43NO2/c1-3-4-5-6-7-8-9-10-11-12-13-14-15-16-17-18-19-22-20(2)21(23)24/h20,22H,3-19H2,1-2H3,(H,23,24). The number of hydrogen-bond donors (Lipinski definition) is 2. The van der Waals surface area contributed by atoms with Crippen molar-refractivity contribution in [1.29, 1.82) is 0 Å². The van der Waals surface area contributed by atoms with Gasteiger partial charge in [-0.1, -0.05) is 103 Å². The van der Waals surface area contributed by atoms with Gasteiger partial charge in [-0.2, -0.15) is 0 Å². The van der Waals surface area contributed by atoms with E-state index in [0.717, 1.165) is 13.0 Å². The summed E-state index contributed by atoms with van der Waals surface area (Å²) in [5.74, 6) is -0.758. The lowest BCUT2D eigenvalue weighted by molar-refractivity contribution is -0.138. The van der Waals surface area contributed by atoms with Crippen LogP contribution in [0.4, 0.5) is 0 Å². The molecule has 144 valence electrons. The molecule has 2 N–H and O–H groups in total. The molecule has 0 radical (unpaired) electrons. The summed E-state index contributed by atoms with van der Waals surface area (Å²) in [5, 5.41) is 11.8. The highest BCUT2D eigenvalue weighted by Gasteiger charge is 2.07. The monoisotopic (exact) mass is 341 g/mol. The van der Waals surface area contributed by atoms with Crippen molar-refractivity contribution in [2.75, 3.05) is 6.54 Å². The molecule has 0 amide bonds. The van der Waals surface area contributed by atoms with Gasteiger partial charge in [0.1, 0.15) is 6.04 Å². The van der Waals surface area contributed by atoms with Gasteiger partial charge in [0, 0.05) is 0 Å². The molecule has 0 aromatic carbocycles. The van der Waals surface area contributed by atoms with Gasteiger partial charge in [0.2, 0.25) is 0 Å². The van der Waals surface area contributed by atoms with E-state index in [4.69, 9.17) is 5.11 Å². The maximum absolute atomic E-state index is 10.6. The van der Waals surface area contributed by atoms with Crippen molar-refractivity contribution in [3.8, 4) is 0 Å². The molecular formula is C21H43NO2. The number of carboxylic acid groups (broad SMARTS) is 1. The number of aliphatic carboxylic acids is 1. The molecule has 0 aliphatic heterocycles. The van der Waals surface area contributed by atoms with Gasteiger partial charge in [0.25, 0.3) is 0 Å². The number of hydrogen-bond acceptors (Lipinski definition) is 2. The first kappa shape index (κ1) is 23.4. The van der Waals surface area contributed by atoms with Gasteiger partial charge in [-0.15, -0.1) is 0 Å². The third kappa shape index (κ3) is 17.8. The summed E-state index contributed by atoms with van der Waals surface area (Å²) in [6.07, 6.45) is 21.9. The van der Waals surface area contributed by atoms with Crippen molar-refractivity contribution in [3.05, 3.63) is 0 Å². The zero-order chi connectivity index (χ0) is 17.9. The largest absolute Gasteiger partial charge is 0.480 e. The highest BCUT2D eigenvalue weighted by molar-refractivity contribution is 5.72. The molecule has 0 saturated heterocycles. The number of unbranched alkanes of at least 4 members (excludes halogenated alkanes) is 15. The topological polar surface area (TPSA) is 49.3 Å². The third-order valence-corrected chi connectivity index (χ3v) is 4.85. The quantitative estimate of drug-likeness (QED) is 0.271. The normalized spacial score (nSPS) is 12.4. The molecule has 0 fully saturated rings. The molecule has 0 aromatic heterocycles. The molecule has 0 aliphatic carbocycles. The van der Waals surface area contributed by atoms with Crippen molar-refractivity contribution < 1.29 is 9.90 Å². The van der Waals surface area contributed by atoms with E-state index in [1.165, 1.54) is 96.3 Å². The number of nitrogens with one attached hydrogen (secondary N) is 1. The average Bonchev–Trinajstić information content (AvgIpc) is 2.57. The van der Waals surface area contributed by atoms with Crippen LogP contribution in [0, 0.1) is 0 Å². The van der Waals surface area contributed by atoms with Gasteiger partial charge >= 0.3 is 5.97 Å². The molecule has 24 heavy (non-hydrogen) atoms. The first-order chi connectivity index (χ1) is 11.7. The zero-order valence-corrected chi connectivity index (χ0v) is 16.5. The lowest BCUT2D eigenvalue weighted by atomic mass is 10.0. The van der Waals surface area contributed by atoms with Gasteiger partial charge in [-0.25, -0.2) is 0 Å². The van der Waals surface area contributed by atoms with E-state index in [2.05, 4.69) is 12.2 Å². The molecule has 3 nitrogen and oxygen atoms in total. The van der Waals surface area contributed by atoms with E-state index >= 15 is 0 Å². The Hall–Kier alpha value is -0.570. The zero-order valence-electron chi connectivity index (χ0n) is 16.5. The molecule has 1 atom stereocenters. The second kappa shape index (κ2) is 18.8. The fourth-order valence-electron chi connectivity index (χ4n) is 3.08. The summed E-state index contributed by atoms with van der Waals surface area (Å²) in [6, 6.07) is -0.415. The maximum atomic E-state index is 10.6. The first-order valence-electron chi connectivity index (χ1n) is 10.6. The molecule has 0 saturated carbocycles. The van der Waals surface area contributed by atoms with E-state index in [1.54, 1.807) is 6.92 Å². The van der Waals surface area contributed by atoms with Crippen LogP contribution in [0.5, 0.6) is 0 Å². The minimum Gasteiger partial charge on any atom is -0.480 e. The van der Waals surface area contributed by atoms with Crippen molar-refractivity contribution in [2.24, 2.45) is 0 Å². The minimum atomic E-state index is -0.758. The molecule has 1 unspecified atom stereocenters. The summed E-state index contributed by atoms with van der Waals surface area (Å²) in [6.45, 7) is 4.81. The minimum absolute atomic E-state index is 0.415. The van der Waals surface area contributed by atoms with Gasteiger partial charge in [0.15, 0.2) is 0 Å². The maximum Gasteiger partial charge on any atom is 0.320 e. The Labute approximate surface area is 151 Å². The van der Waals surface area contributed by atoms with Crippen molar-refractivity contribution in [2.45, 2.75) is 123 Å². The highest BCUT2D eigenvalue weighted by atomic mass is 16.4. The molecule has 0 aromatic rings. The third-order valence-electron chi connectivity index (χ3n) is 4.85. The summed E-state index contributed by atoms with van der Waals surface area (Å²) in [5.41, 5.74) is 0. The van der Waals surface area contributed by atoms with Crippen LogP contribution in [0.25, 0.3) is 0 Å². The molecule has 0 bridgehead atoms. The van der Waals surface area contributed by atoms with Gasteiger partial charge in [-0.3, -0.25) is 4.79 Å². The van der Waals surface area contributed by atoms with Crippen LogP contribution >= 0.6 is 0 Å². The molecule has 3 heteroatoms. The van der Waals surface area contributed by atoms with Crippen LogP contribution in [0.3, 0.4) is 0 Å². The predicted octanol–water partition coefficient (Wildman–Crippen LogP) is 6.31. The van der Waals surface area contributed by atoms with Crippen LogP contribution < -0.4 is 5.32 Å². The van der Waals surface area contributed by atoms with Crippen molar-refractivity contribution in [1.82, 2.24) is 5.32 Å². The van der Waals surface area contributed by atoms with E-state index in [1.807, 2.05) is 0 Å². The Morgan fingerprint density at radius 2 is 1.04 bits per heavy atom. The number of carboxylic acids is 1. The smallest absolute Gasteiger partial charge is 0.320 e. The highest BCUT2D eigenvalue weighted by Crippen LogP contribution is 2.13. The number of rotatable bonds is 19. The Kier molecular flexibility index (Phi) is 18.3. The fourth-order valence-corrected chi connectivity index (χ4v) is 3.08. The van der Waals surface area contributed by atoms with Gasteiger partial charge < -0.3 is 10.4 Å². The van der Waals surface area contributed by atoms with Crippen LogP contribution in [0.15, 0.2) is 0 Å². The molecular weight excluding hydrogens is 298 g/mol. The summed E-state index contributed by atoms with van der Waals surface area (Å²) in [4.78, 5) is 10.6. The molecule has 0 rings (SSSR count). The van der Waals surface area contributed by atoms with Crippen LogP contribution in [0.1, 0.15) is 117 Å². The van der Waals surface area contributed by atoms with Crippen LogP contribution in [-0.2, 0) is 4.79 Å². The van der Waals surface area contributed by atoms with E-state index in [0.29, 0.717) is 0 Å². The van der Waals surface area contributed by atoms with E-state index < -0.39 is 12.0 Å². The Balaban J connectivity index is 3.04. The van der Waals surface area contributed by atoms with Crippen LogP contribution in [-0.4, -0.2) is 23.7 Å². The van der Waals surface area contributed by atoms with Crippen molar-refractivity contribution in [3.63, 3.8) is 0 Å². The van der Waals surface area contributed by atoms with E-state index in [9.17, 15) is 4.79 Å². The fraction of sp³-hybridized carbons (Fsp3) is 0.952. The molecule has 0 aliphatic rings. The predicted molar refractivity (Wildman–Crippen MR) is 105 cm³/mol. The SMILES string of the molecule is CCCCCCCCCCCCCCCCCCNC(C)C(=O)O. The molecule has 0 spiro atoms. The molecule has 0 heterocycles. The second-order valence-corrected chi connectivity index (χ2v) is 7.32. The second-order valence-electron chi connectivity index (χ2n) is 7.32. The lowest BCUT2D eigenvalue weighted by Gasteiger charge is -2.08. The number of carbonyl (C=O) groups is 1. The summed E-state index contributed by atoms with van der Waals surface area (Å²) in [7, 11) is 0. The van der Waals surface area contributed by atoms with Gasteiger partial charge in [0.05, 0.1) is 0 Å².